The SMILES string of the molecule is N#Cc1ccc(N2[C@@H]3CC[C@H]2C[C@H](OC(=O)c2ccc([N+](=O)[O-])cc2)C3)c2ccccc12. The van der Waals surface area contributed by atoms with Crippen LogP contribution in [0.4, 0.5) is 11.4 Å². The fourth-order valence-corrected chi connectivity index (χ4v) is 5.16. The summed E-state index contributed by atoms with van der Waals surface area (Å²) in [4.78, 5) is 25.4. The van der Waals surface area contributed by atoms with Gasteiger partial charge in [0.25, 0.3) is 5.69 Å². The zero-order valence-electron chi connectivity index (χ0n) is 17.3. The Morgan fingerprint density at radius 3 is 2.28 bits per heavy atom. The fraction of sp³-hybridized carbons (Fsp3) is 0.280. The molecule has 160 valence electrons. The van der Waals surface area contributed by atoms with Crippen molar-refractivity contribution < 1.29 is 14.5 Å². The van der Waals surface area contributed by atoms with E-state index in [1.54, 1.807) is 0 Å². The van der Waals surface area contributed by atoms with Gasteiger partial charge in [0.1, 0.15) is 6.10 Å². The number of carbonyl (C=O) groups excluding carboxylic acids is 1. The number of hydrogen-bond acceptors (Lipinski definition) is 6. The minimum Gasteiger partial charge on any atom is -0.459 e. The van der Waals surface area contributed by atoms with Crippen LogP contribution in [-0.2, 0) is 4.74 Å². The van der Waals surface area contributed by atoms with Gasteiger partial charge >= 0.3 is 5.97 Å². The number of carbonyl (C=O) groups is 1. The largest absolute Gasteiger partial charge is 0.459 e. The van der Waals surface area contributed by atoms with Gasteiger partial charge in [0.2, 0.25) is 0 Å². The number of hydrogen-bond donors (Lipinski definition) is 0. The third-order valence-electron chi connectivity index (χ3n) is 6.58. The van der Waals surface area contributed by atoms with Gasteiger partial charge < -0.3 is 9.64 Å². The lowest BCUT2D eigenvalue weighted by Gasteiger charge is -2.40. The molecule has 0 aromatic heterocycles. The summed E-state index contributed by atoms with van der Waals surface area (Å²) in [5, 5.41) is 22.3. The maximum absolute atomic E-state index is 12.6. The number of nitro benzene ring substituents is 1. The highest BCUT2D eigenvalue weighted by molar-refractivity contribution is 5.98. The van der Waals surface area contributed by atoms with Crippen LogP contribution in [0.5, 0.6) is 0 Å². The highest BCUT2D eigenvalue weighted by Gasteiger charge is 2.42. The lowest BCUT2D eigenvalue weighted by Crippen LogP contribution is -2.46. The molecule has 2 aliphatic heterocycles. The number of non-ortho nitro benzene ring substituents is 1. The molecule has 2 bridgehead atoms. The van der Waals surface area contributed by atoms with Crippen LogP contribution in [0, 0.1) is 21.4 Å². The first-order chi connectivity index (χ1) is 15.5. The Hall–Kier alpha value is -3.92. The molecule has 0 unspecified atom stereocenters. The smallest absolute Gasteiger partial charge is 0.338 e. The average molecular weight is 427 g/mol. The van der Waals surface area contributed by atoms with Gasteiger partial charge in [0, 0.05) is 53.5 Å². The number of ether oxygens (including phenoxy) is 1. The third-order valence-corrected chi connectivity index (χ3v) is 6.58. The second-order valence-electron chi connectivity index (χ2n) is 8.38. The number of anilines is 1. The van der Waals surface area contributed by atoms with Gasteiger partial charge in [-0.25, -0.2) is 4.79 Å². The van der Waals surface area contributed by atoms with Crippen LogP contribution in [-0.4, -0.2) is 29.1 Å². The van der Waals surface area contributed by atoms with Crippen LogP contribution >= 0.6 is 0 Å². The van der Waals surface area contributed by atoms with E-state index in [1.165, 1.54) is 24.3 Å². The first-order valence-electron chi connectivity index (χ1n) is 10.7. The monoisotopic (exact) mass is 427 g/mol. The topological polar surface area (TPSA) is 96.5 Å². The zero-order valence-corrected chi connectivity index (χ0v) is 17.3. The molecule has 2 heterocycles. The molecule has 32 heavy (non-hydrogen) atoms. The number of benzene rings is 3. The molecule has 5 rings (SSSR count). The van der Waals surface area contributed by atoms with Crippen molar-refractivity contribution in [3.05, 3.63) is 81.9 Å². The summed E-state index contributed by atoms with van der Waals surface area (Å²) in [5.74, 6) is -0.443. The minimum absolute atomic E-state index is 0.0532. The van der Waals surface area contributed by atoms with E-state index >= 15 is 0 Å². The van der Waals surface area contributed by atoms with Crippen molar-refractivity contribution in [2.75, 3.05) is 4.90 Å². The Morgan fingerprint density at radius 2 is 1.66 bits per heavy atom. The van der Waals surface area contributed by atoms with Crippen LogP contribution in [0.2, 0.25) is 0 Å². The van der Waals surface area contributed by atoms with Crippen molar-refractivity contribution in [1.29, 1.82) is 5.26 Å². The first kappa shape index (κ1) is 20.0. The van der Waals surface area contributed by atoms with Crippen LogP contribution in [0.3, 0.4) is 0 Å². The van der Waals surface area contributed by atoms with Crippen molar-refractivity contribution in [2.24, 2.45) is 0 Å². The molecule has 0 radical (unpaired) electrons. The number of fused-ring (bicyclic) bond motifs is 3. The lowest BCUT2D eigenvalue weighted by molar-refractivity contribution is -0.384. The Kier molecular flexibility index (Phi) is 4.98. The molecule has 0 amide bonds. The molecular formula is C25H21N3O4. The molecule has 0 aliphatic carbocycles. The van der Waals surface area contributed by atoms with Crippen LogP contribution in [0.25, 0.3) is 10.8 Å². The highest BCUT2D eigenvalue weighted by Crippen LogP contribution is 2.43. The highest BCUT2D eigenvalue weighted by atomic mass is 16.6. The standard InChI is InChI=1S/C25H21N3O4/c26-15-17-7-12-24(23-4-2-1-3-22(17)23)27-19-10-11-20(27)14-21(13-19)32-25(29)16-5-8-18(9-6-16)28(30)31/h1-9,12,19-21H,10-11,13-14H2/t19-,20+,21-. The molecule has 3 aromatic carbocycles. The molecule has 0 N–H and O–H groups in total. The average Bonchev–Trinajstić information content (AvgIpc) is 3.07. The molecule has 0 spiro atoms. The zero-order chi connectivity index (χ0) is 22.2. The molecule has 2 saturated heterocycles. The van der Waals surface area contributed by atoms with Crippen molar-refractivity contribution in [1.82, 2.24) is 0 Å². The van der Waals surface area contributed by atoms with Crippen LogP contribution in [0.1, 0.15) is 41.6 Å². The lowest BCUT2D eigenvalue weighted by atomic mass is 9.96. The van der Waals surface area contributed by atoms with Crippen LogP contribution in [0.15, 0.2) is 60.7 Å². The van der Waals surface area contributed by atoms with Gasteiger partial charge in [-0.05, 0) is 37.1 Å². The summed E-state index contributed by atoms with van der Waals surface area (Å²) >= 11 is 0. The Labute approximate surface area is 185 Å². The number of rotatable bonds is 4. The molecule has 3 atom stereocenters. The predicted octanol–water partition coefficient (Wildman–Crippen LogP) is 4.98. The van der Waals surface area contributed by atoms with E-state index in [0.29, 0.717) is 11.1 Å². The Bertz CT molecular complexity index is 1230. The van der Waals surface area contributed by atoms with E-state index in [4.69, 9.17) is 4.74 Å². The maximum Gasteiger partial charge on any atom is 0.338 e. The van der Waals surface area contributed by atoms with Crippen molar-refractivity contribution in [3.8, 4) is 6.07 Å². The van der Waals surface area contributed by atoms with E-state index in [2.05, 4.69) is 17.0 Å². The van der Waals surface area contributed by atoms with Gasteiger partial charge in [-0.2, -0.15) is 5.26 Å². The van der Waals surface area contributed by atoms with E-state index in [0.717, 1.165) is 42.1 Å². The Morgan fingerprint density at radius 1 is 1.00 bits per heavy atom. The number of esters is 1. The Balaban J connectivity index is 1.34. The summed E-state index contributed by atoms with van der Waals surface area (Å²) in [6.45, 7) is 0. The normalized spacial score (nSPS) is 21.8. The van der Waals surface area contributed by atoms with E-state index in [1.807, 2.05) is 30.3 Å². The number of nitrogens with zero attached hydrogens (tertiary/aromatic N) is 3. The number of piperidine rings is 1. The van der Waals surface area contributed by atoms with Crippen molar-refractivity contribution in [3.63, 3.8) is 0 Å². The third kappa shape index (κ3) is 3.44. The molecular weight excluding hydrogens is 406 g/mol. The van der Waals surface area contributed by atoms with E-state index < -0.39 is 10.9 Å². The molecule has 2 fully saturated rings. The van der Waals surface area contributed by atoms with Crippen molar-refractivity contribution >= 4 is 28.1 Å². The summed E-state index contributed by atoms with van der Waals surface area (Å²) in [6, 6.07) is 20.2. The molecule has 2 aliphatic rings. The summed E-state index contributed by atoms with van der Waals surface area (Å²) in [7, 11) is 0. The molecule has 0 saturated carbocycles. The number of nitro groups is 1. The van der Waals surface area contributed by atoms with Gasteiger partial charge in [-0.1, -0.05) is 24.3 Å². The van der Waals surface area contributed by atoms with Gasteiger partial charge in [0.15, 0.2) is 0 Å². The van der Waals surface area contributed by atoms with Gasteiger partial charge in [-0.15, -0.1) is 0 Å². The number of nitriles is 1. The molecule has 3 aromatic rings. The van der Waals surface area contributed by atoms with Crippen LogP contribution < -0.4 is 4.90 Å². The summed E-state index contributed by atoms with van der Waals surface area (Å²) in [6.07, 6.45) is 3.36. The first-order valence-corrected chi connectivity index (χ1v) is 10.7. The molecule has 7 nitrogen and oxygen atoms in total. The second kappa shape index (κ2) is 7.97. The maximum atomic E-state index is 12.6. The predicted molar refractivity (Wildman–Crippen MR) is 119 cm³/mol. The van der Waals surface area contributed by atoms with Crippen molar-refractivity contribution in [2.45, 2.75) is 43.9 Å². The summed E-state index contributed by atoms with van der Waals surface area (Å²) in [5.41, 5.74) is 2.07. The van der Waals surface area contributed by atoms with E-state index in [9.17, 15) is 20.2 Å². The fourth-order valence-electron chi connectivity index (χ4n) is 5.16. The summed E-state index contributed by atoms with van der Waals surface area (Å²) < 4.78 is 5.79. The second-order valence-corrected chi connectivity index (χ2v) is 8.38. The minimum atomic E-state index is -0.491. The van der Waals surface area contributed by atoms with Gasteiger partial charge in [-0.3, -0.25) is 10.1 Å². The molecule has 7 heteroatoms. The van der Waals surface area contributed by atoms with Gasteiger partial charge in [0.05, 0.1) is 22.1 Å². The quantitative estimate of drug-likeness (QED) is 0.331. The van der Waals surface area contributed by atoms with E-state index in [-0.39, 0.29) is 23.9 Å².